The number of hydrogen-bond donors (Lipinski definition) is 3. The normalized spacial score (nSPS) is 10.6. The van der Waals surface area contributed by atoms with Crippen LogP contribution in [-0.2, 0) is 16.0 Å². The topological polar surface area (TPSA) is 83.2 Å². The van der Waals surface area contributed by atoms with Crippen LogP contribution in [0.3, 0.4) is 0 Å². The molecule has 2 amide bonds. The molecule has 6 heteroatoms. The molecule has 0 saturated carbocycles. The quantitative estimate of drug-likeness (QED) is 0.531. The van der Waals surface area contributed by atoms with Crippen molar-refractivity contribution in [3.05, 3.63) is 60.3 Å². The number of para-hydroxylation sites is 1. The molecule has 6 nitrogen and oxygen atoms in total. The first kappa shape index (κ1) is 19.5. The number of carbonyl (C=O) groups excluding carboxylic acids is 2. The fourth-order valence-corrected chi connectivity index (χ4v) is 3.06. The Balaban J connectivity index is 1.47. The second kappa shape index (κ2) is 9.60. The highest BCUT2D eigenvalue weighted by molar-refractivity contribution is 5.91. The van der Waals surface area contributed by atoms with Gasteiger partial charge >= 0.3 is 0 Å². The summed E-state index contributed by atoms with van der Waals surface area (Å²) in [6, 6.07) is 15.2. The van der Waals surface area contributed by atoms with E-state index in [1.54, 1.807) is 24.3 Å². The molecule has 0 bridgehead atoms. The number of carbonyl (C=O) groups is 2. The van der Waals surface area contributed by atoms with Crippen molar-refractivity contribution < 1.29 is 14.3 Å². The first-order valence-corrected chi connectivity index (χ1v) is 9.50. The number of likely N-dealkylation sites (N-methyl/N-ethyl adjacent to an activating group) is 1. The smallest absolute Gasteiger partial charge is 0.257 e. The third-order valence-corrected chi connectivity index (χ3v) is 4.39. The van der Waals surface area contributed by atoms with E-state index in [0.29, 0.717) is 24.4 Å². The van der Waals surface area contributed by atoms with Crippen LogP contribution in [0.5, 0.6) is 5.75 Å². The summed E-state index contributed by atoms with van der Waals surface area (Å²) in [7, 11) is 0. The first-order chi connectivity index (χ1) is 13.7. The Morgan fingerprint density at radius 2 is 1.93 bits per heavy atom. The molecule has 28 heavy (non-hydrogen) atoms. The minimum absolute atomic E-state index is 0.0410. The van der Waals surface area contributed by atoms with Crippen molar-refractivity contribution in [2.24, 2.45) is 0 Å². The summed E-state index contributed by atoms with van der Waals surface area (Å²) in [5, 5.41) is 6.77. The van der Waals surface area contributed by atoms with Gasteiger partial charge in [0.2, 0.25) is 5.91 Å². The maximum absolute atomic E-state index is 12.2. The summed E-state index contributed by atoms with van der Waals surface area (Å²) in [5.74, 6) is 0.331. The number of nitrogens with one attached hydrogen (secondary N) is 3. The number of aromatic nitrogens is 1. The van der Waals surface area contributed by atoms with E-state index in [4.69, 9.17) is 4.74 Å². The Morgan fingerprint density at radius 3 is 2.79 bits per heavy atom. The second-order valence-electron chi connectivity index (χ2n) is 6.53. The van der Waals surface area contributed by atoms with Gasteiger partial charge in [-0.1, -0.05) is 24.3 Å². The Bertz CT molecular complexity index is 949. The zero-order valence-corrected chi connectivity index (χ0v) is 16.0. The van der Waals surface area contributed by atoms with Gasteiger partial charge in [0.25, 0.3) is 5.91 Å². The zero-order chi connectivity index (χ0) is 19.8. The van der Waals surface area contributed by atoms with Gasteiger partial charge in [-0.3, -0.25) is 9.59 Å². The molecule has 0 aliphatic heterocycles. The van der Waals surface area contributed by atoms with Crippen molar-refractivity contribution >= 4 is 28.4 Å². The fraction of sp³-hybridized carbons (Fsp3) is 0.273. The summed E-state index contributed by atoms with van der Waals surface area (Å²) < 4.78 is 5.45. The Labute approximate surface area is 164 Å². The fourth-order valence-electron chi connectivity index (χ4n) is 3.06. The van der Waals surface area contributed by atoms with E-state index in [1.807, 2.05) is 31.3 Å². The molecule has 1 heterocycles. The first-order valence-electron chi connectivity index (χ1n) is 9.50. The monoisotopic (exact) mass is 379 g/mol. The van der Waals surface area contributed by atoms with Crippen LogP contribution in [0.15, 0.2) is 54.7 Å². The number of amides is 2. The summed E-state index contributed by atoms with van der Waals surface area (Å²) in [4.78, 5) is 27.0. The number of benzene rings is 2. The van der Waals surface area contributed by atoms with Crippen LogP contribution >= 0.6 is 0 Å². The van der Waals surface area contributed by atoms with Crippen LogP contribution in [0.4, 0.5) is 5.69 Å². The van der Waals surface area contributed by atoms with Crippen LogP contribution in [0.1, 0.15) is 25.3 Å². The molecule has 0 aliphatic carbocycles. The highest BCUT2D eigenvalue weighted by atomic mass is 16.5. The lowest BCUT2D eigenvalue weighted by atomic mass is 10.1. The molecule has 0 radical (unpaired) electrons. The average Bonchev–Trinajstić information content (AvgIpc) is 3.10. The molecule has 0 saturated heterocycles. The zero-order valence-electron chi connectivity index (χ0n) is 16.0. The van der Waals surface area contributed by atoms with Crippen molar-refractivity contribution in [1.82, 2.24) is 10.3 Å². The number of hydrogen-bond acceptors (Lipinski definition) is 3. The predicted octanol–water partition coefficient (Wildman–Crippen LogP) is 3.64. The molecule has 2 aromatic carbocycles. The molecule has 0 aliphatic rings. The highest BCUT2D eigenvalue weighted by Crippen LogP contribution is 2.20. The molecule has 3 aromatic rings. The Hall–Kier alpha value is -3.28. The van der Waals surface area contributed by atoms with Gasteiger partial charge in [0.15, 0.2) is 6.61 Å². The molecule has 0 atom stereocenters. The Morgan fingerprint density at radius 1 is 1.07 bits per heavy atom. The Kier molecular flexibility index (Phi) is 6.68. The van der Waals surface area contributed by atoms with Crippen molar-refractivity contribution in [3.8, 4) is 5.75 Å². The molecule has 0 fully saturated rings. The minimum Gasteiger partial charge on any atom is -0.484 e. The van der Waals surface area contributed by atoms with Crippen LogP contribution in [0.25, 0.3) is 10.9 Å². The lowest BCUT2D eigenvalue weighted by molar-refractivity contribution is -0.123. The summed E-state index contributed by atoms with van der Waals surface area (Å²) in [6.45, 7) is 2.37. The molecule has 146 valence electrons. The third-order valence-electron chi connectivity index (χ3n) is 4.39. The maximum Gasteiger partial charge on any atom is 0.257 e. The molecule has 3 N–H and O–H groups in total. The van der Waals surface area contributed by atoms with E-state index in [9.17, 15) is 9.59 Å². The molecular formula is C22H25N3O3. The van der Waals surface area contributed by atoms with E-state index in [-0.39, 0.29) is 18.4 Å². The van der Waals surface area contributed by atoms with Gasteiger partial charge in [0, 0.05) is 41.8 Å². The summed E-state index contributed by atoms with van der Waals surface area (Å²) in [6.07, 6.45) is 4.05. The van der Waals surface area contributed by atoms with Gasteiger partial charge in [-0.25, -0.2) is 0 Å². The van der Waals surface area contributed by atoms with Crippen LogP contribution in [0, 0.1) is 0 Å². The molecule has 1 aromatic heterocycles. The van der Waals surface area contributed by atoms with Crippen molar-refractivity contribution in [2.45, 2.75) is 26.2 Å². The largest absolute Gasteiger partial charge is 0.484 e. The number of ether oxygens (including phenoxy) is 1. The lowest BCUT2D eigenvalue weighted by Gasteiger charge is -2.09. The van der Waals surface area contributed by atoms with Crippen molar-refractivity contribution in [3.63, 3.8) is 0 Å². The van der Waals surface area contributed by atoms with Crippen LogP contribution < -0.4 is 15.4 Å². The number of rotatable bonds is 9. The molecule has 0 spiro atoms. The van der Waals surface area contributed by atoms with Gasteiger partial charge in [-0.05, 0) is 43.5 Å². The second-order valence-corrected chi connectivity index (χ2v) is 6.53. The van der Waals surface area contributed by atoms with E-state index in [0.717, 1.165) is 18.4 Å². The van der Waals surface area contributed by atoms with Gasteiger partial charge in [0.1, 0.15) is 5.75 Å². The van der Waals surface area contributed by atoms with E-state index >= 15 is 0 Å². The third kappa shape index (κ3) is 5.36. The predicted molar refractivity (Wildman–Crippen MR) is 110 cm³/mol. The van der Waals surface area contributed by atoms with Crippen molar-refractivity contribution in [2.75, 3.05) is 18.5 Å². The van der Waals surface area contributed by atoms with Gasteiger partial charge in [-0.2, -0.15) is 0 Å². The molecular weight excluding hydrogens is 354 g/mol. The minimum atomic E-state index is -0.172. The van der Waals surface area contributed by atoms with Crippen molar-refractivity contribution in [1.29, 1.82) is 0 Å². The molecule has 3 rings (SSSR count). The highest BCUT2D eigenvalue weighted by Gasteiger charge is 2.07. The van der Waals surface area contributed by atoms with Gasteiger partial charge < -0.3 is 20.4 Å². The van der Waals surface area contributed by atoms with Crippen LogP contribution in [-0.4, -0.2) is 29.9 Å². The number of H-pyrrole nitrogens is 1. The number of aromatic amines is 1. The van der Waals surface area contributed by atoms with Crippen LogP contribution in [0.2, 0.25) is 0 Å². The average molecular weight is 379 g/mol. The number of anilines is 1. The number of fused-ring (bicyclic) bond motifs is 1. The standard InChI is InChI=1S/C22H25N3O3/c1-2-23-22(27)15-28-18-9-6-8-17(13-18)25-21(26)12-5-7-16-14-24-20-11-4-3-10-19(16)20/h3-4,6,8-11,13-14,24H,2,5,7,12,15H2,1H3,(H,23,27)(H,25,26). The molecule has 0 unspecified atom stereocenters. The lowest BCUT2D eigenvalue weighted by Crippen LogP contribution is -2.28. The SMILES string of the molecule is CCNC(=O)COc1cccc(NC(=O)CCCc2c[nH]c3ccccc23)c1. The summed E-state index contributed by atoms with van der Waals surface area (Å²) >= 11 is 0. The maximum atomic E-state index is 12.2. The summed E-state index contributed by atoms with van der Waals surface area (Å²) in [5.41, 5.74) is 3.00. The van der Waals surface area contributed by atoms with E-state index < -0.39 is 0 Å². The van der Waals surface area contributed by atoms with E-state index in [1.165, 1.54) is 10.9 Å². The van der Waals surface area contributed by atoms with Gasteiger partial charge in [0.05, 0.1) is 0 Å². The van der Waals surface area contributed by atoms with Gasteiger partial charge in [-0.15, -0.1) is 0 Å². The number of aryl methyl sites for hydroxylation is 1. The van der Waals surface area contributed by atoms with E-state index in [2.05, 4.69) is 21.7 Å².